The summed E-state index contributed by atoms with van der Waals surface area (Å²) in [6.45, 7) is 15.6. The third-order valence-electron chi connectivity index (χ3n) is 11.6. The maximum absolute atomic E-state index is 13.1. The second-order valence-corrected chi connectivity index (χ2v) is 13.7. The van der Waals surface area contributed by atoms with E-state index in [4.69, 9.17) is 4.74 Å². The fourth-order valence-corrected chi connectivity index (χ4v) is 9.48. The minimum atomic E-state index is -0.518. The predicted molar refractivity (Wildman–Crippen MR) is 140 cm³/mol. The lowest BCUT2D eigenvalue weighted by atomic mass is 9.41. The van der Waals surface area contributed by atoms with E-state index in [9.17, 15) is 14.7 Å². The van der Waals surface area contributed by atoms with Gasteiger partial charge in [-0.3, -0.25) is 9.59 Å². The summed E-state index contributed by atoms with van der Waals surface area (Å²) < 4.78 is 5.30. The average molecular weight is 485 g/mol. The Balaban J connectivity index is 1.72. The van der Waals surface area contributed by atoms with Crippen molar-refractivity contribution in [2.45, 2.75) is 106 Å². The number of hydrogen-bond donors (Lipinski definition) is 1. The number of allylic oxidation sites excluding steroid dienone is 4. The van der Waals surface area contributed by atoms with E-state index in [0.29, 0.717) is 36.9 Å². The zero-order valence-corrected chi connectivity index (χ0v) is 23.4. The maximum atomic E-state index is 13.1. The van der Waals surface area contributed by atoms with Crippen molar-refractivity contribution < 1.29 is 19.4 Å². The lowest BCUT2D eigenvalue weighted by molar-refractivity contribution is -0.154. The molecule has 0 heterocycles. The zero-order valence-electron chi connectivity index (χ0n) is 23.4. The molecule has 1 N–H and O–H groups in total. The molecule has 4 aliphatic rings. The summed E-state index contributed by atoms with van der Waals surface area (Å²) in [5.74, 6) is 0.639. The summed E-state index contributed by atoms with van der Waals surface area (Å²) in [7, 11) is 1.48. The highest BCUT2D eigenvalue weighted by atomic mass is 16.5. The van der Waals surface area contributed by atoms with Crippen LogP contribution in [0, 0.1) is 45.3 Å². The van der Waals surface area contributed by atoms with Crippen molar-refractivity contribution in [2.75, 3.05) is 7.11 Å². The van der Waals surface area contributed by atoms with E-state index < -0.39 is 6.10 Å². The fourth-order valence-electron chi connectivity index (χ4n) is 9.48. The number of hydrogen-bond acceptors (Lipinski definition) is 4. The molecule has 4 heteroatoms. The SMILES string of the molecule is COC(=O)[C@H](CCC=C(C)C)[C@@H]1[C@@H](O)C[C@]2(C)C3=CC[C@H]4C(C)(C)C(=O)CC[C@]4(C)[C@H]3CC[C@@]12C. The molecule has 0 spiro atoms. The van der Waals surface area contributed by atoms with Crippen LogP contribution in [0.25, 0.3) is 0 Å². The first-order chi connectivity index (χ1) is 16.2. The molecule has 0 aromatic heterocycles. The second kappa shape index (κ2) is 8.85. The number of ketones is 1. The molecule has 0 aliphatic heterocycles. The van der Waals surface area contributed by atoms with Gasteiger partial charge in [-0.05, 0) is 86.9 Å². The van der Waals surface area contributed by atoms with Gasteiger partial charge >= 0.3 is 5.97 Å². The van der Waals surface area contributed by atoms with Crippen molar-refractivity contribution in [3.8, 4) is 0 Å². The molecule has 4 aliphatic carbocycles. The Bertz CT molecular complexity index is 940. The van der Waals surface area contributed by atoms with Crippen molar-refractivity contribution in [2.24, 2.45) is 45.3 Å². The molecule has 35 heavy (non-hydrogen) atoms. The molecule has 4 rings (SSSR count). The van der Waals surface area contributed by atoms with Crippen molar-refractivity contribution in [1.82, 2.24) is 0 Å². The third kappa shape index (κ3) is 3.80. The number of aliphatic hydroxyl groups is 1. The number of ether oxygens (including phenoxy) is 1. The van der Waals surface area contributed by atoms with Crippen LogP contribution in [-0.2, 0) is 14.3 Å². The Labute approximate surface area is 213 Å². The fraction of sp³-hybridized carbons (Fsp3) is 0.806. The van der Waals surface area contributed by atoms with Gasteiger partial charge in [-0.2, -0.15) is 0 Å². The van der Waals surface area contributed by atoms with Gasteiger partial charge in [-0.15, -0.1) is 0 Å². The Morgan fingerprint density at radius 3 is 2.51 bits per heavy atom. The monoisotopic (exact) mass is 484 g/mol. The van der Waals surface area contributed by atoms with Crippen LogP contribution in [0.2, 0.25) is 0 Å². The largest absolute Gasteiger partial charge is 0.469 e. The van der Waals surface area contributed by atoms with Crippen LogP contribution in [0.15, 0.2) is 23.3 Å². The quantitative estimate of drug-likeness (QED) is 0.350. The third-order valence-corrected chi connectivity index (χ3v) is 11.6. The van der Waals surface area contributed by atoms with Crippen molar-refractivity contribution in [3.63, 3.8) is 0 Å². The molecular formula is C31H48O4. The van der Waals surface area contributed by atoms with Crippen LogP contribution in [0.5, 0.6) is 0 Å². The Hall–Kier alpha value is -1.42. The Kier molecular flexibility index (Phi) is 6.74. The number of rotatable bonds is 5. The molecule has 4 nitrogen and oxygen atoms in total. The highest BCUT2D eigenvalue weighted by Crippen LogP contribution is 2.73. The zero-order chi connectivity index (χ0) is 26.0. The number of Topliss-reactive ketones (excluding diaryl/α,β-unsaturated/α-hetero) is 1. The standard InChI is InChI=1S/C31H48O4/c1-19(2)10-9-11-20(27(34)35-8)26-23(32)18-31(7)22-12-13-24-28(3,4)25(33)15-16-29(24,5)21(22)14-17-30(26,31)6/h10,12,20-21,23-24,26,32H,9,11,13-18H2,1-8H3/t20-,21+,23+,24+,26-,29-,30+,31-/m1/s1. The van der Waals surface area contributed by atoms with E-state index in [1.165, 1.54) is 18.3 Å². The minimum Gasteiger partial charge on any atom is -0.469 e. The summed E-state index contributed by atoms with van der Waals surface area (Å²) >= 11 is 0. The average Bonchev–Trinajstić information content (AvgIpc) is 2.99. The first-order valence-corrected chi connectivity index (χ1v) is 13.9. The maximum Gasteiger partial charge on any atom is 0.309 e. The molecule has 8 atom stereocenters. The topological polar surface area (TPSA) is 63.6 Å². The van der Waals surface area contributed by atoms with Gasteiger partial charge in [-0.25, -0.2) is 0 Å². The molecule has 0 amide bonds. The summed E-state index contributed by atoms with van der Waals surface area (Å²) in [6.07, 6.45) is 11.0. The van der Waals surface area contributed by atoms with Gasteiger partial charge in [0.25, 0.3) is 0 Å². The van der Waals surface area contributed by atoms with Gasteiger partial charge in [0, 0.05) is 17.8 Å². The number of carbonyl (C=O) groups excluding carboxylic acids is 2. The highest BCUT2D eigenvalue weighted by Gasteiger charge is 2.68. The van der Waals surface area contributed by atoms with Crippen molar-refractivity contribution in [3.05, 3.63) is 23.3 Å². The normalized spacial score (nSPS) is 42.8. The number of carbonyl (C=O) groups is 2. The van der Waals surface area contributed by atoms with Crippen molar-refractivity contribution in [1.29, 1.82) is 0 Å². The second-order valence-electron chi connectivity index (χ2n) is 13.7. The highest BCUT2D eigenvalue weighted by molar-refractivity contribution is 5.85. The van der Waals surface area contributed by atoms with E-state index >= 15 is 0 Å². The predicted octanol–water partition coefficient (Wildman–Crippen LogP) is 6.67. The van der Waals surface area contributed by atoms with Gasteiger partial charge in [0.1, 0.15) is 5.78 Å². The van der Waals surface area contributed by atoms with Crippen LogP contribution >= 0.6 is 0 Å². The first-order valence-electron chi connectivity index (χ1n) is 13.9. The van der Waals surface area contributed by atoms with Gasteiger partial charge in [-0.1, -0.05) is 57.9 Å². The molecular weight excluding hydrogens is 436 g/mol. The van der Waals surface area contributed by atoms with Gasteiger partial charge in [0.2, 0.25) is 0 Å². The Morgan fingerprint density at radius 2 is 1.89 bits per heavy atom. The van der Waals surface area contributed by atoms with Gasteiger partial charge < -0.3 is 9.84 Å². The number of esters is 1. The molecule has 0 radical (unpaired) electrons. The van der Waals surface area contributed by atoms with Crippen LogP contribution < -0.4 is 0 Å². The van der Waals surface area contributed by atoms with Crippen LogP contribution in [0.3, 0.4) is 0 Å². The molecule has 0 aromatic carbocycles. The summed E-state index contributed by atoms with van der Waals surface area (Å²) in [6, 6.07) is 0. The van der Waals surface area contributed by atoms with Crippen LogP contribution in [-0.4, -0.2) is 30.1 Å². The molecule has 0 bridgehead atoms. The molecule has 3 saturated carbocycles. The van der Waals surface area contributed by atoms with E-state index in [2.05, 4.69) is 60.6 Å². The first kappa shape index (κ1) is 26.6. The van der Waals surface area contributed by atoms with E-state index in [0.717, 1.165) is 32.1 Å². The molecule has 0 saturated heterocycles. The minimum absolute atomic E-state index is 0.109. The van der Waals surface area contributed by atoms with E-state index in [-0.39, 0.29) is 39.5 Å². The summed E-state index contributed by atoms with van der Waals surface area (Å²) in [4.78, 5) is 25.9. The summed E-state index contributed by atoms with van der Waals surface area (Å²) in [5.41, 5.74) is 2.27. The molecule has 0 aromatic rings. The van der Waals surface area contributed by atoms with Crippen LogP contribution in [0.1, 0.15) is 99.8 Å². The summed E-state index contributed by atoms with van der Waals surface area (Å²) in [5, 5.41) is 11.6. The van der Waals surface area contributed by atoms with E-state index in [1.807, 2.05) is 0 Å². The van der Waals surface area contributed by atoms with Crippen molar-refractivity contribution >= 4 is 11.8 Å². The Morgan fingerprint density at radius 1 is 1.20 bits per heavy atom. The number of fused-ring (bicyclic) bond motifs is 5. The van der Waals surface area contributed by atoms with Gasteiger partial charge in [0.15, 0.2) is 0 Å². The smallest absolute Gasteiger partial charge is 0.309 e. The molecule has 3 fully saturated rings. The number of methoxy groups -OCH3 is 1. The lowest BCUT2D eigenvalue weighted by Gasteiger charge is -2.63. The molecule has 0 unspecified atom stereocenters. The van der Waals surface area contributed by atoms with Gasteiger partial charge in [0.05, 0.1) is 19.1 Å². The van der Waals surface area contributed by atoms with Crippen LogP contribution in [0.4, 0.5) is 0 Å². The molecule has 196 valence electrons. The lowest BCUT2D eigenvalue weighted by Crippen LogP contribution is -2.57. The number of aliphatic hydroxyl groups excluding tert-OH is 1. The van der Waals surface area contributed by atoms with E-state index in [1.54, 1.807) is 0 Å².